The van der Waals surface area contributed by atoms with E-state index in [1.165, 1.54) is 0 Å². The van der Waals surface area contributed by atoms with Gasteiger partial charge in [-0.05, 0) is 29.8 Å². The quantitative estimate of drug-likeness (QED) is 0.550. The van der Waals surface area contributed by atoms with Crippen LogP contribution in [0.2, 0.25) is 5.02 Å². The van der Waals surface area contributed by atoms with E-state index < -0.39 is 0 Å². The Morgan fingerprint density at radius 2 is 1.71 bits per heavy atom. The van der Waals surface area contributed by atoms with Gasteiger partial charge in [0.15, 0.2) is 0 Å². The van der Waals surface area contributed by atoms with Gasteiger partial charge in [-0.3, -0.25) is 0 Å². The fourth-order valence-electron chi connectivity index (χ4n) is 2.13. The van der Waals surface area contributed by atoms with Gasteiger partial charge in [-0.15, -0.1) is 11.6 Å². The Kier molecular flexibility index (Phi) is 4.23. The third kappa shape index (κ3) is 3.44. The molecular formula is C18H13Cl2N. The minimum Gasteiger partial charge on any atom is -0.248 e. The number of allylic oxidation sites excluding steroid dienone is 1. The maximum Gasteiger partial charge on any atom is 0.0770 e. The number of aromatic nitrogens is 1. The first-order valence-corrected chi connectivity index (χ1v) is 7.47. The zero-order valence-corrected chi connectivity index (χ0v) is 12.7. The van der Waals surface area contributed by atoms with Crippen LogP contribution in [0.3, 0.4) is 0 Å². The van der Waals surface area contributed by atoms with Crippen molar-refractivity contribution in [3.8, 4) is 0 Å². The largest absolute Gasteiger partial charge is 0.248 e. The summed E-state index contributed by atoms with van der Waals surface area (Å²) in [5, 5.41) is 1.60. The number of halogens is 2. The number of pyridine rings is 1. The third-order valence-electron chi connectivity index (χ3n) is 3.23. The number of hydrogen-bond acceptors (Lipinski definition) is 1. The van der Waals surface area contributed by atoms with E-state index in [9.17, 15) is 0 Å². The minimum atomic E-state index is -0.164. The minimum absolute atomic E-state index is 0.164. The lowest BCUT2D eigenvalue weighted by molar-refractivity contribution is 1.22. The van der Waals surface area contributed by atoms with Gasteiger partial charge in [0.1, 0.15) is 0 Å². The highest BCUT2D eigenvalue weighted by molar-refractivity contribution is 6.31. The summed E-state index contributed by atoms with van der Waals surface area (Å²) in [4.78, 5) is 4.57. The highest BCUT2D eigenvalue weighted by atomic mass is 35.5. The number of benzene rings is 2. The second-order valence-electron chi connectivity index (χ2n) is 4.74. The number of alkyl halides is 1. The smallest absolute Gasteiger partial charge is 0.0770 e. The Morgan fingerprint density at radius 1 is 0.952 bits per heavy atom. The third-order valence-corrected chi connectivity index (χ3v) is 3.86. The normalized spacial score (nSPS) is 12.9. The number of rotatable bonds is 3. The van der Waals surface area contributed by atoms with Crippen LogP contribution in [0.5, 0.6) is 0 Å². The number of fused-ring (bicyclic) bond motifs is 1. The summed E-state index contributed by atoms with van der Waals surface area (Å²) in [5.74, 6) is 0. The van der Waals surface area contributed by atoms with E-state index in [4.69, 9.17) is 23.2 Å². The van der Waals surface area contributed by atoms with Crippen LogP contribution in [0.4, 0.5) is 0 Å². The zero-order valence-electron chi connectivity index (χ0n) is 11.2. The van der Waals surface area contributed by atoms with Crippen molar-refractivity contribution < 1.29 is 0 Å². The zero-order chi connectivity index (χ0) is 14.7. The Labute approximate surface area is 133 Å². The highest BCUT2D eigenvalue weighted by Crippen LogP contribution is 2.23. The van der Waals surface area contributed by atoms with Gasteiger partial charge in [0.2, 0.25) is 0 Å². The molecule has 0 aliphatic carbocycles. The van der Waals surface area contributed by atoms with Crippen LogP contribution in [-0.4, -0.2) is 4.98 Å². The summed E-state index contributed by atoms with van der Waals surface area (Å²) in [6, 6.07) is 19.7. The molecule has 1 atom stereocenters. The van der Waals surface area contributed by atoms with E-state index in [-0.39, 0.29) is 5.38 Å². The van der Waals surface area contributed by atoms with Crippen molar-refractivity contribution in [3.63, 3.8) is 0 Å². The van der Waals surface area contributed by atoms with Crippen LogP contribution in [0.1, 0.15) is 16.6 Å². The van der Waals surface area contributed by atoms with Gasteiger partial charge in [0.05, 0.1) is 16.6 Å². The number of hydrogen-bond donors (Lipinski definition) is 0. The SMILES string of the molecule is Clc1ccc2ccc(C=CC(Cl)c3ccccc3)nc2c1. The average molecular weight is 314 g/mol. The maximum atomic E-state index is 6.36. The van der Waals surface area contributed by atoms with Gasteiger partial charge in [0, 0.05) is 10.4 Å². The molecule has 0 saturated carbocycles. The molecule has 0 saturated heterocycles. The van der Waals surface area contributed by atoms with Gasteiger partial charge in [-0.2, -0.15) is 0 Å². The van der Waals surface area contributed by atoms with Crippen LogP contribution in [0.15, 0.2) is 66.7 Å². The van der Waals surface area contributed by atoms with Crippen molar-refractivity contribution in [1.29, 1.82) is 0 Å². The maximum absolute atomic E-state index is 6.36. The summed E-state index contributed by atoms with van der Waals surface area (Å²) >= 11 is 12.4. The molecule has 0 amide bonds. The Morgan fingerprint density at radius 3 is 2.52 bits per heavy atom. The van der Waals surface area contributed by atoms with Crippen LogP contribution in [0.25, 0.3) is 17.0 Å². The Bertz CT molecular complexity index is 782. The second kappa shape index (κ2) is 6.30. The lowest BCUT2D eigenvalue weighted by Crippen LogP contribution is -1.86. The molecule has 104 valence electrons. The molecular weight excluding hydrogens is 301 g/mol. The second-order valence-corrected chi connectivity index (χ2v) is 5.65. The number of nitrogens with zero attached hydrogens (tertiary/aromatic N) is 1. The molecule has 0 aliphatic rings. The van der Waals surface area contributed by atoms with Crippen LogP contribution < -0.4 is 0 Å². The molecule has 0 N–H and O–H groups in total. The lowest BCUT2D eigenvalue weighted by atomic mass is 10.1. The average Bonchev–Trinajstić information content (AvgIpc) is 2.53. The van der Waals surface area contributed by atoms with E-state index in [0.717, 1.165) is 22.2 Å². The summed E-state index contributed by atoms with van der Waals surface area (Å²) in [5.41, 5.74) is 2.82. The summed E-state index contributed by atoms with van der Waals surface area (Å²) in [6.07, 6.45) is 3.88. The van der Waals surface area contributed by atoms with E-state index in [0.29, 0.717) is 5.02 Å². The molecule has 1 unspecified atom stereocenters. The monoisotopic (exact) mass is 313 g/mol. The summed E-state index contributed by atoms with van der Waals surface area (Å²) in [7, 11) is 0. The molecule has 0 spiro atoms. The molecule has 3 rings (SSSR count). The molecule has 2 aromatic carbocycles. The van der Waals surface area contributed by atoms with Crippen molar-refractivity contribution in [2.75, 3.05) is 0 Å². The first-order valence-electron chi connectivity index (χ1n) is 6.66. The molecule has 21 heavy (non-hydrogen) atoms. The van der Waals surface area contributed by atoms with Crippen molar-refractivity contribution in [1.82, 2.24) is 4.98 Å². The molecule has 1 aromatic heterocycles. The van der Waals surface area contributed by atoms with Gasteiger partial charge in [-0.1, -0.05) is 60.1 Å². The molecule has 1 nitrogen and oxygen atoms in total. The van der Waals surface area contributed by atoms with Crippen LogP contribution in [-0.2, 0) is 0 Å². The fourth-order valence-corrected chi connectivity index (χ4v) is 2.51. The highest BCUT2D eigenvalue weighted by Gasteiger charge is 2.03. The summed E-state index contributed by atoms with van der Waals surface area (Å²) < 4.78 is 0. The predicted octanol–water partition coefficient (Wildman–Crippen LogP) is 5.88. The van der Waals surface area contributed by atoms with E-state index in [1.807, 2.05) is 72.8 Å². The molecule has 3 aromatic rings. The summed E-state index contributed by atoms with van der Waals surface area (Å²) in [6.45, 7) is 0. The molecule has 0 bridgehead atoms. The van der Waals surface area contributed by atoms with Crippen molar-refractivity contribution in [3.05, 3.63) is 83.0 Å². The van der Waals surface area contributed by atoms with Crippen molar-refractivity contribution in [2.45, 2.75) is 5.38 Å². The Balaban J connectivity index is 1.86. The van der Waals surface area contributed by atoms with Crippen LogP contribution in [0, 0.1) is 0 Å². The molecule has 1 heterocycles. The molecule has 0 fully saturated rings. The van der Waals surface area contributed by atoms with Gasteiger partial charge in [-0.25, -0.2) is 4.98 Å². The fraction of sp³-hybridized carbons (Fsp3) is 0.0556. The van der Waals surface area contributed by atoms with Crippen molar-refractivity contribution in [2.24, 2.45) is 0 Å². The van der Waals surface area contributed by atoms with Gasteiger partial charge >= 0.3 is 0 Å². The van der Waals surface area contributed by atoms with Crippen LogP contribution >= 0.6 is 23.2 Å². The molecule has 0 radical (unpaired) electrons. The topological polar surface area (TPSA) is 12.9 Å². The van der Waals surface area contributed by atoms with Crippen molar-refractivity contribution >= 4 is 40.2 Å². The first kappa shape index (κ1) is 14.1. The lowest BCUT2D eigenvalue weighted by Gasteiger charge is -2.04. The molecule has 3 heteroatoms. The van der Waals surface area contributed by atoms with E-state index in [2.05, 4.69) is 4.98 Å². The van der Waals surface area contributed by atoms with E-state index >= 15 is 0 Å². The Hall–Kier alpha value is -1.83. The van der Waals surface area contributed by atoms with E-state index in [1.54, 1.807) is 0 Å². The first-order chi connectivity index (χ1) is 10.2. The van der Waals surface area contributed by atoms with Gasteiger partial charge < -0.3 is 0 Å². The standard InChI is InChI=1S/C18H13Cl2N/c19-15-8-6-14-7-9-16(21-18(14)12-15)10-11-17(20)13-4-2-1-3-5-13/h1-12,17H. The van der Waals surface area contributed by atoms with Gasteiger partial charge in [0.25, 0.3) is 0 Å². The molecule has 0 aliphatic heterocycles. The predicted molar refractivity (Wildman–Crippen MR) is 90.8 cm³/mol.